The van der Waals surface area contributed by atoms with Crippen LogP contribution in [-0.2, 0) is 20.6 Å². The van der Waals surface area contributed by atoms with E-state index in [1.807, 2.05) is 32.9 Å². The summed E-state index contributed by atoms with van der Waals surface area (Å²) in [4.78, 5) is 12.9. The fraction of sp³-hybridized carbons (Fsp3) is 0.296. The average molecular weight is 515 g/mol. The highest BCUT2D eigenvalue weighted by atomic mass is 32.2. The zero-order valence-electron chi connectivity index (χ0n) is 20.3. The number of amides is 1. The highest BCUT2D eigenvalue weighted by Gasteiger charge is 2.28. The summed E-state index contributed by atoms with van der Waals surface area (Å²) in [5.74, 6) is 0.980. The lowest BCUT2D eigenvalue weighted by Gasteiger charge is -2.26. The molecule has 0 saturated carbocycles. The molecule has 3 aromatic rings. The number of sulfonamides is 1. The van der Waals surface area contributed by atoms with Crippen molar-refractivity contribution in [3.05, 3.63) is 94.8 Å². The first-order valence-electron chi connectivity index (χ1n) is 11.4. The molecule has 3 rings (SSSR count). The van der Waals surface area contributed by atoms with Crippen LogP contribution in [0.4, 0.5) is 10.1 Å². The van der Waals surface area contributed by atoms with Gasteiger partial charge in [-0.05, 0) is 74.4 Å². The van der Waals surface area contributed by atoms with Crippen LogP contribution in [0.1, 0.15) is 28.7 Å². The number of thioether (sulfide) groups is 1. The maximum Gasteiger partial charge on any atom is 0.264 e. The quantitative estimate of drug-likeness (QED) is 0.349. The van der Waals surface area contributed by atoms with Gasteiger partial charge in [0.25, 0.3) is 10.0 Å². The van der Waals surface area contributed by atoms with Crippen molar-refractivity contribution in [2.75, 3.05) is 23.1 Å². The van der Waals surface area contributed by atoms with Crippen LogP contribution in [0, 0.1) is 26.6 Å². The van der Waals surface area contributed by atoms with E-state index in [0.717, 1.165) is 40.2 Å². The van der Waals surface area contributed by atoms with Crippen molar-refractivity contribution in [3.63, 3.8) is 0 Å². The Labute approximate surface area is 211 Å². The second-order valence-corrected chi connectivity index (χ2v) is 11.5. The minimum Gasteiger partial charge on any atom is -0.354 e. The Bertz CT molecular complexity index is 1240. The molecule has 0 aliphatic carbocycles. The number of hydrogen-bond acceptors (Lipinski definition) is 4. The van der Waals surface area contributed by atoms with Crippen molar-refractivity contribution in [2.24, 2.45) is 0 Å². The van der Waals surface area contributed by atoms with Gasteiger partial charge < -0.3 is 5.32 Å². The van der Waals surface area contributed by atoms with E-state index in [4.69, 9.17) is 0 Å². The number of carbonyl (C=O) groups is 1. The number of nitrogens with one attached hydrogen (secondary N) is 1. The predicted octanol–water partition coefficient (Wildman–Crippen LogP) is 5.39. The average Bonchev–Trinajstić information content (AvgIpc) is 2.81. The van der Waals surface area contributed by atoms with Crippen molar-refractivity contribution >= 4 is 33.4 Å². The standard InChI is InChI=1S/C27H31FN2O3S2/c1-20-5-12-25(13-6-20)35(32,33)30(26-14-7-21(2)17-22(26)3)18-27(31)29-15-4-16-34-19-23-8-10-24(28)11-9-23/h5-14,17H,4,15-16,18-19H2,1-3H3,(H,29,31). The molecule has 186 valence electrons. The summed E-state index contributed by atoms with van der Waals surface area (Å²) in [5.41, 5.74) is 4.29. The molecule has 0 aromatic heterocycles. The minimum atomic E-state index is -3.93. The van der Waals surface area contributed by atoms with Gasteiger partial charge in [0.2, 0.25) is 5.91 Å². The van der Waals surface area contributed by atoms with E-state index in [2.05, 4.69) is 5.32 Å². The zero-order valence-corrected chi connectivity index (χ0v) is 21.9. The van der Waals surface area contributed by atoms with Gasteiger partial charge in [0.1, 0.15) is 12.4 Å². The highest BCUT2D eigenvalue weighted by molar-refractivity contribution is 7.98. The third kappa shape index (κ3) is 7.57. The van der Waals surface area contributed by atoms with E-state index >= 15 is 0 Å². The molecule has 3 aromatic carbocycles. The maximum atomic E-state index is 13.5. The first-order valence-corrected chi connectivity index (χ1v) is 14.0. The zero-order chi connectivity index (χ0) is 25.4. The van der Waals surface area contributed by atoms with E-state index < -0.39 is 10.0 Å². The highest BCUT2D eigenvalue weighted by Crippen LogP contribution is 2.27. The summed E-state index contributed by atoms with van der Waals surface area (Å²) in [6.07, 6.45) is 0.742. The van der Waals surface area contributed by atoms with E-state index in [1.54, 1.807) is 54.2 Å². The Hall–Kier alpha value is -2.84. The van der Waals surface area contributed by atoms with Crippen molar-refractivity contribution in [1.29, 1.82) is 0 Å². The van der Waals surface area contributed by atoms with Gasteiger partial charge in [0.05, 0.1) is 10.6 Å². The second-order valence-electron chi connectivity index (χ2n) is 8.50. The van der Waals surface area contributed by atoms with E-state index in [0.29, 0.717) is 12.2 Å². The number of hydrogen-bond donors (Lipinski definition) is 1. The number of carbonyl (C=O) groups excluding carboxylic acids is 1. The Kier molecular flexibility index (Phi) is 9.34. The first kappa shape index (κ1) is 26.8. The lowest BCUT2D eigenvalue weighted by Crippen LogP contribution is -2.41. The van der Waals surface area contributed by atoms with Crippen LogP contribution in [0.2, 0.25) is 0 Å². The molecule has 0 atom stereocenters. The summed E-state index contributed by atoms with van der Waals surface area (Å²) < 4.78 is 41.2. The van der Waals surface area contributed by atoms with Gasteiger partial charge in [-0.3, -0.25) is 9.10 Å². The number of aryl methyl sites for hydroxylation is 3. The van der Waals surface area contributed by atoms with Gasteiger partial charge in [0.15, 0.2) is 0 Å². The lowest BCUT2D eigenvalue weighted by atomic mass is 10.1. The molecule has 0 saturated heterocycles. The van der Waals surface area contributed by atoms with Gasteiger partial charge in [-0.15, -0.1) is 0 Å². The molecule has 0 radical (unpaired) electrons. The minimum absolute atomic E-state index is 0.146. The summed E-state index contributed by atoms with van der Waals surface area (Å²) >= 11 is 1.70. The number of benzene rings is 3. The predicted molar refractivity (Wildman–Crippen MR) is 142 cm³/mol. The van der Waals surface area contributed by atoms with Crippen molar-refractivity contribution < 1.29 is 17.6 Å². The molecule has 5 nitrogen and oxygen atoms in total. The van der Waals surface area contributed by atoms with Crippen molar-refractivity contribution in [2.45, 2.75) is 37.8 Å². The Morgan fingerprint density at radius 2 is 1.60 bits per heavy atom. The first-order chi connectivity index (χ1) is 16.7. The Balaban J connectivity index is 1.62. The van der Waals surface area contributed by atoms with Crippen LogP contribution in [0.3, 0.4) is 0 Å². The van der Waals surface area contributed by atoms with E-state index in [-0.39, 0.29) is 23.2 Å². The number of rotatable bonds is 11. The summed E-state index contributed by atoms with van der Waals surface area (Å²) in [7, 11) is -3.93. The molecule has 0 heterocycles. The van der Waals surface area contributed by atoms with Gasteiger partial charge >= 0.3 is 0 Å². The van der Waals surface area contributed by atoms with Gasteiger partial charge in [-0.2, -0.15) is 11.8 Å². The third-order valence-corrected chi connectivity index (χ3v) is 8.38. The van der Waals surface area contributed by atoms with Crippen LogP contribution in [0.5, 0.6) is 0 Å². The number of halogens is 1. The summed E-state index contributed by atoms with van der Waals surface area (Å²) in [5, 5.41) is 2.84. The molecule has 0 bridgehead atoms. The molecular weight excluding hydrogens is 483 g/mol. The molecule has 0 fully saturated rings. The molecule has 35 heavy (non-hydrogen) atoms. The fourth-order valence-electron chi connectivity index (χ4n) is 3.58. The van der Waals surface area contributed by atoms with E-state index in [1.165, 1.54) is 16.4 Å². The van der Waals surface area contributed by atoms with Gasteiger partial charge in [0, 0.05) is 12.3 Å². The molecule has 0 aliphatic rings. The molecule has 0 aliphatic heterocycles. The van der Waals surface area contributed by atoms with Crippen molar-refractivity contribution in [1.82, 2.24) is 5.32 Å². The van der Waals surface area contributed by atoms with Gasteiger partial charge in [-0.25, -0.2) is 12.8 Å². The van der Waals surface area contributed by atoms with Crippen LogP contribution in [0.25, 0.3) is 0 Å². The van der Waals surface area contributed by atoms with Crippen LogP contribution < -0.4 is 9.62 Å². The molecule has 0 spiro atoms. The molecule has 1 amide bonds. The number of anilines is 1. The second kappa shape index (κ2) is 12.2. The monoisotopic (exact) mass is 514 g/mol. The maximum absolute atomic E-state index is 13.5. The molecule has 0 unspecified atom stereocenters. The summed E-state index contributed by atoms with van der Waals surface area (Å²) in [6.45, 7) is 5.82. The normalized spacial score (nSPS) is 11.3. The van der Waals surface area contributed by atoms with Crippen LogP contribution >= 0.6 is 11.8 Å². The third-order valence-electron chi connectivity index (χ3n) is 5.49. The SMILES string of the molecule is Cc1ccc(S(=O)(=O)N(CC(=O)NCCCSCc2ccc(F)cc2)c2ccc(C)cc2C)cc1. The van der Waals surface area contributed by atoms with Crippen LogP contribution in [-0.4, -0.2) is 33.2 Å². The largest absolute Gasteiger partial charge is 0.354 e. The lowest BCUT2D eigenvalue weighted by molar-refractivity contribution is -0.119. The van der Waals surface area contributed by atoms with Gasteiger partial charge in [-0.1, -0.05) is 47.5 Å². The molecular formula is C27H31FN2O3S2. The van der Waals surface area contributed by atoms with Crippen LogP contribution in [0.15, 0.2) is 71.6 Å². The molecule has 8 heteroatoms. The Morgan fingerprint density at radius 3 is 2.26 bits per heavy atom. The Morgan fingerprint density at radius 1 is 0.943 bits per heavy atom. The fourth-order valence-corrected chi connectivity index (χ4v) is 5.99. The van der Waals surface area contributed by atoms with E-state index in [9.17, 15) is 17.6 Å². The van der Waals surface area contributed by atoms with Crippen molar-refractivity contribution in [3.8, 4) is 0 Å². The topological polar surface area (TPSA) is 66.5 Å². The number of nitrogens with zero attached hydrogens (tertiary/aromatic N) is 1. The molecule has 1 N–H and O–H groups in total. The smallest absolute Gasteiger partial charge is 0.264 e. The summed E-state index contributed by atoms with van der Waals surface area (Å²) in [6, 6.07) is 18.5.